The first-order chi connectivity index (χ1) is 15.0. The van der Waals surface area contributed by atoms with Crippen LogP contribution in [0.3, 0.4) is 0 Å². The number of hydrogen-bond donors (Lipinski definition) is 0. The molecule has 0 aromatic heterocycles. The summed E-state index contributed by atoms with van der Waals surface area (Å²) in [6.07, 6.45) is 1.35. The molecular weight excluding hydrogens is 394 g/mol. The molecule has 3 heterocycles. The quantitative estimate of drug-likeness (QED) is 0.765. The highest BCUT2D eigenvalue weighted by Gasteiger charge is 2.54. The molecule has 5 rings (SSSR count). The van der Waals surface area contributed by atoms with Crippen LogP contribution >= 0.6 is 0 Å². The van der Waals surface area contributed by atoms with E-state index in [9.17, 15) is 9.59 Å². The first-order valence-electron chi connectivity index (χ1n) is 10.1. The minimum absolute atomic E-state index is 0.234. The van der Waals surface area contributed by atoms with Crippen molar-refractivity contribution < 1.29 is 14.3 Å². The van der Waals surface area contributed by atoms with Crippen LogP contribution in [0.1, 0.15) is 12.5 Å². The average molecular weight is 417 g/mol. The van der Waals surface area contributed by atoms with Crippen molar-refractivity contribution in [1.29, 1.82) is 0 Å². The van der Waals surface area contributed by atoms with E-state index in [1.165, 1.54) is 4.90 Å². The lowest BCUT2D eigenvalue weighted by molar-refractivity contribution is -0.137. The van der Waals surface area contributed by atoms with Crippen LogP contribution in [0.5, 0.6) is 5.75 Å². The topological polar surface area (TPSA) is 68.7 Å². The Bertz CT molecular complexity index is 1110. The molecule has 0 radical (unpaired) electrons. The van der Waals surface area contributed by atoms with Gasteiger partial charge in [-0.2, -0.15) is 0 Å². The van der Waals surface area contributed by atoms with Crippen molar-refractivity contribution in [2.45, 2.75) is 25.7 Å². The van der Waals surface area contributed by atoms with Gasteiger partial charge in [-0.05, 0) is 24.6 Å². The van der Waals surface area contributed by atoms with E-state index in [0.29, 0.717) is 5.96 Å². The molecule has 3 aliphatic heterocycles. The summed E-state index contributed by atoms with van der Waals surface area (Å²) in [7, 11) is 3.32. The number of carbonyl (C=O) groups excluding carboxylic acids is 2. The van der Waals surface area contributed by atoms with Gasteiger partial charge < -0.3 is 14.5 Å². The van der Waals surface area contributed by atoms with Gasteiger partial charge in [0.2, 0.25) is 5.96 Å². The van der Waals surface area contributed by atoms with E-state index >= 15 is 0 Å². The lowest BCUT2D eigenvalue weighted by atomic mass is 10.1. The van der Waals surface area contributed by atoms with Crippen LogP contribution in [0.2, 0.25) is 0 Å². The number of allylic oxidation sites excluding steroid dienone is 1. The van der Waals surface area contributed by atoms with Gasteiger partial charge in [0.15, 0.2) is 12.2 Å². The van der Waals surface area contributed by atoms with Gasteiger partial charge in [0.1, 0.15) is 5.75 Å². The van der Waals surface area contributed by atoms with Crippen LogP contribution in [0.15, 0.2) is 71.5 Å². The van der Waals surface area contributed by atoms with Crippen molar-refractivity contribution in [3.05, 3.63) is 72.1 Å². The van der Waals surface area contributed by atoms with Crippen LogP contribution < -0.4 is 9.64 Å². The van der Waals surface area contributed by atoms with Gasteiger partial charge in [-0.25, -0.2) is 9.79 Å². The second-order valence-corrected chi connectivity index (χ2v) is 7.81. The van der Waals surface area contributed by atoms with Gasteiger partial charge in [0, 0.05) is 25.0 Å². The van der Waals surface area contributed by atoms with Crippen molar-refractivity contribution in [2.75, 3.05) is 19.1 Å². The maximum absolute atomic E-state index is 13.5. The van der Waals surface area contributed by atoms with Crippen LogP contribution in [0.25, 0.3) is 0 Å². The number of aliphatic imine (C=N–C) groups is 1. The third-order valence-electron chi connectivity index (χ3n) is 5.88. The summed E-state index contributed by atoms with van der Waals surface area (Å²) in [6.45, 7) is 2.21. The first kappa shape index (κ1) is 19.2. The molecule has 31 heavy (non-hydrogen) atoms. The predicted molar refractivity (Wildman–Crippen MR) is 116 cm³/mol. The summed E-state index contributed by atoms with van der Waals surface area (Å²) in [5, 5.41) is 0. The molecule has 2 unspecified atom stereocenters. The molecule has 0 spiro atoms. The molecule has 158 valence electrons. The van der Waals surface area contributed by atoms with E-state index in [-0.39, 0.29) is 18.5 Å². The Morgan fingerprint density at radius 3 is 2.58 bits per heavy atom. The Labute approximate surface area is 180 Å². The zero-order valence-electron chi connectivity index (χ0n) is 17.6. The third-order valence-corrected chi connectivity index (χ3v) is 5.88. The zero-order valence-corrected chi connectivity index (χ0v) is 17.6. The first-order valence-corrected chi connectivity index (χ1v) is 10.1. The number of carbonyl (C=O) groups is 2. The zero-order chi connectivity index (χ0) is 21.7. The Kier molecular flexibility index (Phi) is 4.43. The molecule has 0 saturated carbocycles. The number of hydrogen-bond acceptors (Lipinski definition) is 6. The molecular formula is C23H23N5O3. The van der Waals surface area contributed by atoms with E-state index in [2.05, 4.69) is 0 Å². The van der Waals surface area contributed by atoms with E-state index in [0.717, 1.165) is 22.7 Å². The summed E-state index contributed by atoms with van der Waals surface area (Å²) >= 11 is 0. The number of rotatable bonds is 4. The normalized spacial score (nSPS) is 22.4. The second-order valence-electron chi connectivity index (χ2n) is 7.81. The molecule has 1 saturated heterocycles. The minimum atomic E-state index is -0.591. The highest BCUT2D eigenvalue weighted by Crippen LogP contribution is 2.37. The molecule has 2 aromatic carbocycles. The lowest BCUT2D eigenvalue weighted by Crippen LogP contribution is -2.63. The molecule has 8 heteroatoms. The van der Waals surface area contributed by atoms with Crippen LogP contribution in [0.4, 0.5) is 10.5 Å². The summed E-state index contributed by atoms with van der Waals surface area (Å²) < 4.78 is 5.36. The number of anilines is 1. The number of guanidine groups is 1. The number of nitrogens with zero attached hydrogens (tertiary/aromatic N) is 5. The van der Waals surface area contributed by atoms with E-state index < -0.39 is 12.2 Å². The van der Waals surface area contributed by atoms with E-state index in [1.54, 1.807) is 19.1 Å². The van der Waals surface area contributed by atoms with Crippen LogP contribution in [0, 0.1) is 0 Å². The Balaban J connectivity index is 1.48. The molecule has 3 amide bonds. The summed E-state index contributed by atoms with van der Waals surface area (Å²) in [5.74, 6) is 1.12. The Morgan fingerprint density at radius 1 is 1.06 bits per heavy atom. The van der Waals surface area contributed by atoms with Crippen molar-refractivity contribution in [2.24, 2.45) is 4.99 Å². The molecule has 2 aromatic rings. The highest BCUT2D eigenvalue weighted by atomic mass is 16.5. The van der Waals surface area contributed by atoms with Gasteiger partial charge in [0.05, 0.1) is 19.3 Å². The molecule has 0 bridgehead atoms. The van der Waals surface area contributed by atoms with Gasteiger partial charge in [-0.15, -0.1) is 0 Å². The number of benzene rings is 2. The van der Waals surface area contributed by atoms with Crippen molar-refractivity contribution in [1.82, 2.24) is 14.7 Å². The van der Waals surface area contributed by atoms with Crippen molar-refractivity contribution in [3.63, 3.8) is 0 Å². The van der Waals surface area contributed by atoms with Gasteiger partial charge in [-0.3, -0.25) is 14.6 Å². The predicted octanol–water partition coefficient (Wildman–Crippen LogP) is 2.84. The molecule has 0 N–H and O–H groups in total. The SMILES string of the molecule is COc1cccc(N2C(C)=CN3C2=NC2C3C(=O)N(Cc3ccccc3)C(=O)N2C)c1. The van der Waals surface area contributed by atoms with Gasteiger partial charge in [-0.1, -0.05) is 36.4 Å². The maximum atomic E-state index is 13.5. The minimum Gasteiger partial charge on any atom is -0.497 e. The summed E-state index contributed by atoms with van der Waals surface area (Å²) in [6, 6.07) is 16.3. The van der Waals surface area contributed by atoms with E-state index in [1.807, 2.05) is 77.5 Å². The number of imide groups is 1. The molecule has 2 atom stereocenters. The number of fused-ring (bicyclic) bond motifs is 3. The summed E-state index contributed by atoms with van der Waals surface area (Å²) in [4.78, 5) is 38.0. The fourth-order valence-corrected chi connectivity index (χ4v) is 4.33. The van der Waals surface area contributed by atoms with Gasteiger partial charge >= 0.3 is 6.03 Å². The van der Waals surface area contributed by atoms with Crippen molar-refractivity contribution in [3.8, 4) is 5.75 Å². The molecule has 0 aliphatic carbocycles. The summed E-state index contributed by atoms with van der Waals surface area (Å²) in [5.41, 5.74) is 2.73. The molecule has 8 nitrogen and oxygen atoms in total. The van der Waals surface area contributed by atoms with E-state index in [4.69, 9.17) is 9.73 Å². The fraction of sp³-hybridized carbons (Fsp3) is 0.261. The fourth-order valence-electron chi connectivity index (χ4n) is 4.33. The number of methoxy groups -OCH3 is 1. The third kappa shape index (κ3) is 2.94. The number of urea groups is 1. The standard InChI is InChI=1S/C23H23N5O3/c1-15-13-26-19-20(24-22(26)28(15)17-10-7-11-18(12-17)31-3)25(2)23(30)27(21(19)29)14-16-8-5-4-6-9-16/h4-13,19-20H,14H2,1-3H3. The number of ether oxygens (including phenoxy) is 1. The molecule has 3 aliphatic rings. The van der Waals surface area contributed by atoms with Crippen molar-refractivity contribution >= 4 is 23.6 Å². The van der Waals surface area contributed by atoms with Gasteiger partial charge in [0.25, 0.3) is 5.91 Å². The Morgan fingerprint density at radius 2 is 1.84 bits per heavy atom. The smallest absolute Gasteiger partial charge is 0.328 e. The highest BCUT2D eigenvalue weighted by molar-refractivity contribution is 6.09. The Hall–Kier alpha value is -3.81. The average Bonchev–Trinajstić information content (AvgIpc) is 3.30. The molecule has 1 fully saturated rings. The largest absolute Gasteiger partial charge is 0.497 e. The lowest BCUT2D eigenvalue weighted by Gasteiger charge is -2.40. The number of amides is 3. The monoisotopic (exact) mass is 417 g/mol. The van der Waals surface area contributed by atoms with Crippen LogP contribution in [-0.4, -0.2) is 59.0 Å². The maximum Gasteiger partial charge on any atom is 0.328 e. The second kappa shape index (κ2) is 7.16. The number of likely N-dealkylation sites (N-methyl/N-ethyl adjacent to an activating group) is 1. The van der Waals surface area contributed by atoms with Crippen LogP contribution in [-0.2, 0) is 11.3 Å².